The lowest BCUT2D eigenvalue weighted by Gasteiger charge is -2.12. The highest BCUT2D eigenvalue weighted by Gasteiger charge is 2.12. The number of aliphatic hydroxyl groups excluding tert-OH is 1. The summed E-state index contributed by atoms with van der Waals surface area (Å²) in [6.45, 7) is 3.73. The molecule has 17 heavy (non-hydrogen) atoms. The molecule has 0 bridgehead atoms. The third-order valence-corrected chi connectivity index (χ3v) is 4.31. The summed E-state index contributed by atoms with van der Waals surface area (Å²) in [5, 5.41) is 11.9. The van der Waals surface area contributed by atoms with Crippen molar-refractivity contribution in [3.05, 3.63) is 24.3 Å². The van der Waals surface area contributed by atoms with E-state index in [9.17, 15) is 8.42 Å². The van der Waals surface area contributed by atoms with Crippen LogP contribution in [0.3, 0.4) is 0 Å². The first-order valence-corrected chi connectivity index (χ1v) is 7.35. The Labute approximate surface area is 103 Å². The predicted molar refractivity (Wildman–Crippen MR) is 69.0 cm³/mol. The first-order valence-electron chi connectivity index (χ1n) is 5.70. The van der Waals surface area contributed by atoms with Crippen molar-refractivity contribution in [2.75, 3.05) is 17.7 Å². The van der Waals surface area contributed by atoms with E-state index in [-0.39, 0.29) is 18.4 Å². The van der Waals surface area contributed by atoms with E-state index in [2.05, 4.69) is 5.32 Å². The molecule has 0 spiro atoms. The number of hydrogen-bond acceptors (Lipinski definition) is 4. The van der Waals surface area contributed by atoms with Crippen molar-refractivity contribution in [1.82, 2.24) is 0 Å². The van der Waals surface area contributed by atoms with Crippen molar-refractivity contribution >= 4 is 15.5 Å². The molecule has 5 heteroatoms. The number of sulfone groups is 1. The van der Waals surface area contributed by atoms with Gasteiger partial charge in [0, 0.05) is 11.7 Å². The molecule has 0 aliphatic rings. The summed E-state index contributed by atoms with van der Waals surface area (Å²) in [5.41, 5.74) is 0.807. The largest absolute Gasteiger partial charge is 0.394 e. The van der Waals surface area contributed by atoms with Crippen molar-refractivity contribution in [3.8, 4) is 0 Å². The van der Waals surface area contributed by atoms with E-state index in [0.29, 0.717) is 11.3 Å². The molecule has 0 fully saturated rings. The highest BCUT2D eigenvalue weighted by molar-refractivity contribution is 7.91. The highest BCUT2D eigenvalue weighted by Crippen LogP contribution is 2.16. The molecule has 1 unspecified atom stereocenters. The Balaban J connectivity index is 2.81. The summed E-state index contributed by atoms with van der Waals surface area (Å²) < 4.78 is 23.5. The van der Waals surface area contributed by atoms with Crippen molar-refractivity contribution in [2.24, 2.45) is 0 Å². The molecule has 96 valence electrons. The fourth-order valence-electron chi connectivity index (χ4n) is 1.48. The summed E-state index contributed by atoms with van der Waals surface area (Å²) in [7, 11) is -3.14. The van der Waals surface area contributed by atoms with E-state index >= 15 is 0 Å². The fourth-order valence-corrected chi connectivity index (χ4v) is 2.80. The fraction of sp³-hybridized carbons (Fsp3) is 0.500. The molecule has 0 heterocycles. The van der Waals surface area contributed by atoms with E-state index in [0.717, 1.165) is 5.69 Å². The summed E-state index contributed by atoms with van der Waals surface area (Å²) in [4.78, 5) is 0.349. The summed E-state index contributed by atoms with van der Waals surface area (Å²) in [5.74, 6) is 0.173. The predicted octanol–water partition coefficient (Wildman–Crippen LogP) is 1.66. The molecular formula is C12H19NO3S. The van der Waals surface area contributed by atoms with Crippen molar-refractivity contribution in [3.63, 3.8) is 0 Å². The Morgan fingerprint density at radius 1 is 1.29 bits per heavy atom. The lowest BCUT2D eigenvalue weighted by molar-refractivity contribution is 0.281. The topological polar surface area (TPSA) is 66.4 Å². The van der Waals surface area contributed by atoms with E-state index < -0.39 is 9.84 Å². The van der Waals surface area contributed by atoms with E-state index in [1.54, 1.807) is 24.3 Å². The van der Waals surface area contributed by atoms with Crippen LogP contribution in [0.1, 0.15) is 20.3 Å². The van der Waals surface area contributed by atoms with Gasteiger partial charge in [-0.2, -0.15) is 0 Å². The standard InChI is InChI=1S/C12H19NO3S/c1-3-8-17(15,16)12-6-4-11(5-7-12)13-10(2)9-14/h4-7,10,13-14H,3,8-9H2,1-2H3. The zero-order valence-corrected chi connectivity index (χ0v) is 11.0. The van der Waals surface area contributed by atoms with Crippen LogP contribution >= 0.6 is 0 Å². The number of anilines is 1. The zero-order valence-electron chi connectivity index (χ0n) is 10.2. The molecular weight excluding hydrogens is 238 g/mol. The number of rotatable bonds is 6. The summed E-state index contributed by atoms with van der Waals surface area (Å²) in [6.07, 6.45) is 0.615. The third-order valence-electron chi connectivity index (χ3n) is 2.37. The monoisotopic (exact) mass is 257 g/mol. The molecule has 0 saturated heterocycles. The minimum absolute atomic E-state index is 0.0376. The van der Waals surface area contributed by atoms with E-state index in [4.69, 9.17) is 5.11 Å². The average molecular weight is 257 g/mol. The third kappa shape index (κ3) is 4.02. The molecule has 4 nitrogen and oxygen atoms in total. The summed E-state index contributed by atoms with van der Waals surface area (Å²) >= 11 is 0. The van der Waals surface area contributed by atoms with Gasteiger partial charge < -0.3 is 10.4 Å². The van der Waals surface area contributed by atoms with Gasteiger partial charge in [-0.05, 0) is 37.6 Å². The van der Waals surface area contributed by atoms with Gasteiger partial charge in [-0.1, -0.05) is 6.92 Å². The second-order valence-electron chi connectivity index (χ2n) is 4.07. The normalized spacial score (nSPS) is 13.4. The quantitative estimate of drug-likeness (QED) is 0.813. The van der Waals surface area contributed by atoms with Crippen molar-refractivity contribution in [1.29, 1.82) is 0 Å². The Kier molecular flexibility index (Phi) is 4.96. The Morgan fingerprint density at radius 3 is 2.35 bits per heavy atom. The Hall–Kier alpha value is -1.07. The molecule has 2 N–H and O–H groups in total. The van der Waals surface area contributed by atoms with Crippen LogP contribution in [0, 0.1) is 0 Å². The molecule has 0 aliphatic heterocycles. The molecule has 0 radical (unpaired) electrons. The van der Waals surface area contributed by atoms with E-state index in [1.807, 2.05) is 13.8 Å². The van der Waals surface area contributed by atoms with Crippen molar-refractivity contribution in [2.45, 2.75) is 31.2 Å². The first-order chi connectivity index (χ1) is 7.99. The molecule has 0 aromatic heterocycles. The van der Waals surface area contributed by atoms with Gasteiger partial charge in [0.15, 0.2) is 9.84 Å². The smallest absolute Gasteiger partial charge is 0.178 e. The van der Waals surface area contributed by atoms with Gasteiger partial charge >= 0.3 is 0 Å². The Bertz CT molecular complexity index is 439. The lowest BCUT2D eigenvalue weighted by Crippen LogP contribution is -2.19. The van der Waals surface area contributed by atoms with Crippen LogP contribution < -0.4 is 5.32 Å². The lowest BCUT2D eigenvalue weighted by atomic mass is 10.3. The number of benzene rings is 1. The van der Waals surface area contributed by atoms with Gasteiger partial charge in [0.05, 0.1) is 17.3 Å². The van der Waals surface area contributed by atoms with Crippen LogP contribution in [0.2, 0.25) is 0 Å². The van der Waals surface area contributed by atoms with Crippen LogP contribution in [0.25, 0.3) is 0 Å². The molecule has 1 atom stereocenters. The highest BCUT2D eigenvalue weighted by atomic mass is 32.2. The second kappa shape index (κ2) is 6.02. The summed E-state index contributed by atoms with van der Waals surface area (Å²) in [6, 6.07) is 6.58. The van der Waals surface area contributed by atoms with Crippen LogP contribution in [0.15, 0.2) is 29.2 Å². The van der Waals surface area contributed by atoms with Crippen molar-refractivity contribution < 1.29 is 13.5 Å². The molecule has 0 aliphatic carbocycles. The minimum Gasteiger partial charge on any atom is -0.394 e. The number of aliphatic hydroxyl groups is 1. The van der Waals surface area contributed by atoms with Gasteiger partial charge in [0.2, 0.25) is 0 Å². The molecule has 1 aromatic carbocycles. The van der Waals surface area contributed by atoms with Crippen LogP contribution in [0.4, 0.5) is 5.69 Å². The molecule has 1 aromatic rings. The minimum atomic E-state index is -3.14. The first kappa shape index (κ1) is 14.0. The number of hydrogen-bond donors (Lipinski definition) is 2. The van der Waals surface area contributed by atoms with E-state index in [1.165, 1.54) is 0 Å². The zero-order chi connectivity index (χ0) is 12.9. The average Bonchev–Trinajstić information content (AvgIpc) is 2.29. The maximum Gasteiger partial charge on any atom is 0.178 e. The van der Waals surface area contributed by atoms with Gasteiger partial charge in [-0.15, -0.1) is 0 Å². The molecule has 1 rings (SSSR count). The van der Waals surface area contributed by atoms with Gasteiger partial charge in [0.25, 0.3) is 0 Å². The van der Waals surface area contributed by atoms with Gasteiger partial charge in [-0.3, -0.25) is 0 Å². The van der Waals surface area contributed by atoms with Gasteiger partial charge in [-0.25, -0.2) is 8.42 Å². The van der Waals surface area contributed by atoms with Crippen LogP contribution in [-0.2, 0) is 9.84 Å². The Morgan fingerprint density at radius 2 is 1.88 bits per heavy atom. The molecule has 0 amide bonds. The maximum atomic E-state index is 11.8. The second-order valence-corrected chi connectivity index (χ2v) is 6.18. The van der Waals surface area contributed by atoms with Crippen LogP contribution in [0.5, 0.6) is 0 Å². The molecule has 0 saturated carbocycles. The number of nitrogens with one attached hydrogen (secondary N) is 1. The maximum absolute atomic E-state index is 11.8. The van der Waals surface area contributed by atoms with Crippen LogP contribution in [-0.4, -0.2) is 31.9 Å². The van der Waals surface area contributed by atoms with Gasteiger partial charge in [0.1, 0.15) is 0 Å². The SMILES string of the molecule is CCCS(=O)(=O)c1ccc(NC(C)CO)cc1.